The fraction of sp³-hybridized carbons (Fsp3) is 0.250. The molecule has 0 saturated heterocycles. The van der Waals surface area contributed by atoms with Gasteiger partial charge >= 0.3 is 5.97 Å². The normalized spacial score (nSPS) is 13.3. The second-order valence-electron chi connectivity index (χ2n) is 6.14. The first-order chi connectivity index (χ1) is 12.3. The van der Waals surface area contributed by atoms with Gasteiger partial charge in [-0.25, -0.2) is 4.79 Å². The van der Waals surface area contributed by atoms with Gasteiger partial charge in [0.15, 0.2) is 6.61 Å². The van der Waals surface area contributed by atoms with Gasteiger partial charge in [-0.1, -0.05) is 41.6 Å². The van der Waals surface area contributed by atoms with E-state index < -0.39 is 0 Å². The molecule has 0 fully saturated rings. The average Bonchev–Trinajstić information content (AvgIpc) is 3.15. The molecule has 0 unspecified atom stereocenters. The van der Waals surface area contributed by atoms with Crippen molar-refractivity contribution in [2.45, 2.75) is 32.3 Å². The molecule has 0 atom stereocenters. The van der Waals surface area contributed by atoms with E-state index in [1.54, 1.807) is 0 Å². The summed E-state index contributed by atoms with van der Waals surface area (Å²) in [6, 6.07) is 15.3. The van der Waals surface area contributed by atoms with E-state index in [-0.39, 0.29) is 18.5 Å². The lowest BCUT2D eigenvalue weighted by Gasteiger charge is -2.16. The Labute approximate surface area is 145 Å². The van der Waals surface area contributed by atoms with Crippen LogP contribution in [-0.4, -0.2) is 16.1 Å². The molecule has 0 amide bonds. The van der Waals surface area contributed by atoms with Gasteiger partial charge in [0.1, 0.15) is 0 Å². The number of benzene rings is 2. The first kappa shape index (κ1) is 15.6. The molecule has 1 aliphatic rings. The molecule has 126 valence electrons. The molecule has 5 heteroatoms. The molecular weight excluding hydrogens is 316 g/mol. The highest BCUT2D eigenvalue weighted by molar-refractivity contribution is 5.89. The zero-order valence-corrected chi connectivity index (χ0v) is 13.8. The molecule has 5 nitrogen and oxygen atoms in total. The van der Waals surface area contributed by atoms with Gasteiger partial charge in [0.2, 0.25) is 5.82 Å². The first-order valence-corrected chi connectivity index (χ1v) is 8.46. The van der Waals surface area contributed by atoms with E-state index in [1.165, 1.54) is 24.0 Å². The van der Waals surface area contributed by atoms with Gasteiger partial charge < -0.3 is 9.26 Å². The summed E-state index contributed by atoms with van der Waals surface area (Å²) in [5, 5.41) is 3.92. The van der Waals surface area contributed by atoms with Crippen LogP contribution in [0.5, 0.6) is 0 Å². The van der Waals surface area contributed by atoms with Crippen LogP contribution in [0.4, 0.5) is 0 Å². The van der Waals surface area contributed by atoms with Crippen LogP contribution < -0.4 is 0 Å². The van der Waals surface area contributed by atoms with Gasteiger partial charge in [0.05, 0.1) is 5.56 Å². The lowest BCUT2D eigenvalue weighted by atomic mass is 9.90. The largest absolute Gasteiger partial charge is 0.452 e. The highest BCUT2D eigenvalue weighted by atomic mass is 16.6. The number of aryl methyl sites for hydroxylation is 2. The molecule has 0 N–H and O–H groups in total. The van der Waals surface area contributed by atoms with E-state index in [0.29, 0.717) is 11.4 Å². The molecule has 1 aromatic heterocycles. The molecule has 1 aliphatic carbocycles. The maximum Gasteiger partial charge on any atom is 0.338 e. The molecule has 0 aliphatic heterocycles. The molecule has 0 spiro atoms. The Bertz CT molecular complexity index is 887. The first-order valence-electron chi connectivity index (χ1n) is 8.46. The van der Waals surface area contributed by atoms with Gasteiger partial charge in [0.25, 0.3) is 5.89 Å². The van der Waals surface area contributed by atoms with Crippen molar-refractivity contribution in [2.24, 2.45) is 0 Å². The number of rotatable bonds is 4. The predicted molar refractivity (Wildman–Crippen MR) is 91.9 cm³/mol. The zero-order valence-electron chi connectivity index (χ0n) is 13.8. The third-order valence-corrected chi connectivity index (χ3v) is 4.41. The van der Waals surface area contributed by atoms with Crippen molar-refractivity contribution in [1.82, 2.24) is 10.1 Å². The SMILES string of the molecule is O=C(OCc1nc(-c2ccccc2)no1)c1ccc2c(c1)CCCC2. The van der Waals surface area contributed by atoms with E-state index >= 15 is 0 Å². The van der Waals surface area contributed by atoms with Crippen molar-refractivity contribution in [3.8, 4) is 11.4 Å². The highest BCUT2D eigenvalue weighted by Gasteiger charge is 2.15. The van der Waals surface area contributed by atoms with Crippen LogP contribution in [0.3, 0.4) is 0 Å². The van der Waals surface area contributed by atoms with Crippen molar-refractivity contribution in [1.29, 1.82) is 0 Å². The summed E-state index contributed by atoms with van der Waals surface area (Å²) in [5.74, 6) is 0.401. The molecule has 3 aromatic rings. The Morgan fingerprint density at radius 1 is 1.04 bits per heavy atom. The van der Waals surface area contributed by atoms with Crippen molar-refractivity contribution < 1.29 is 14.1 Å². The molecule has 1 heterocycles. The quantitative estimate of drug-likeness (QED) is 0.675. The van der Waals surface area contributed by atoms with Gasteiger partial charge in [0, 0.05) is 5.56 Å². The summed E-state index contributed by atoms with van der Waals surface area (Å²) < 4.78 is 10.5. The second kappa shape index (κ2) is 6.89. The molecule has 0 bridgehead atoms. The van der Waals surface area contributed by atoms with Crippen LogP contribution in [0.15, 0.2) is 53.1 Å². The van der Waals surface area contributed by atoms with Gasteiger partial charge in [-0.15, -0.1) is 0 Å². The number of nitrogens with zero attached hydrogens (tertiary/aromatic N) is 2. The molecule has 4 rings (SSSR count). The Kier molecular flexibility index (Phi) is 4.29. The lowest BCUT2D eigenvalue weighted by Crippen LogP contribution is -2.09. The summed E-state index contributed by atoms with van der Waals surface area (Å²) in [4.78, 5) is 16.5. The summed E-state index contributed by atoms with van der Waals surface area (Å²) >= 11 is 0. The zero-order chi connectivity index (χ0) is 17.1. The Morgan fingerprint density at radius 3 is 2.68 bits per heavy atom. The predicted octanol–water partition coefficient (Wildman–Crippen LogP) is 3.97. The Morgan fingerprint density at radius 2 is 1.84 bits per heavy atom. The van der Waals surface area contributed by atoms with E-state index in [4.69, 9.17) is 9.26 Å². The summed E-state index contributed by atoms with van der Waals surface area (Å²) in [6.45, 7) is -0.0320. The van der Waals surface area contributed by atoms with Gasteiger partial charge in [-0.3, -0.25) is 0 Å². The van der Waals surface area contributed by atoms with Crippen molar-refractivity contribution >= 4 is 5.97 Å². The molecular formula is C20H18N2O3. The minimum atomic E-state index is -0.368. The summed E-state index contributed by atoms with van der Waals surface area (Å²) in [5.41, 5.74) is 4.03. The van der Waals surface area contributed by atoms with Crippen LogP contribution in [0.25, 0.3) is 11.4 Å². The Balaban J connectivity index is 1.41. The third-order valence-electron chi connectivity index (χ3n) is 4.41. The van der Waals surface area contributed by atoms with E-state index in [9.17, 15) is 4.79 Å². The highest BCUT2D eigenvalue weighted by Crippen LogP contribution is 2.23. The fourth-order valence-electron chi connectivity index (χ4n) is 3.09. The number of ether oxygens (including phenoxy) is 1. The molecule has 0 saturated carbocycles. The molecule has 2 aromatic carbocycles. The van der Waals surface area contributed by atoms with Crippen LogP contribution in [-0.2, 0) is 24.2 Å². The van der Waals surface area contributed by atoms with Crippen LogP contribution in [0.1, 0.15) is 40.2 Å². The van der Waals surface area contributed by atoms with Crippen LogP contribution >= 0.6 is 0 Å². The van der Waals surface area contributed by atoms with E-state index in [0.717, 1.165) is 18.4 Å². The standard InChI is InChI=1S/C20H18N2O3/c23-20(17-11-10-14-6-4-5-9-16(14)12-17)24-13-18-21-19(22-25-18)15-7-2-1-3-8-15/h1-3,7-8,10-12H,4-6,9,13H2. The second-order valence-corrected chi connectivity index (χ2v) is 6.14. The topological polar surface area (TPSA) is 65.2 Å². The number of carbonyl (C=O) groups is 1. The van der Waals surface area contributed by atoms with E-state index in [1.807, 2.05) is 48.5 Å². The van der Waals surface area contributed by atoms with Crippen molar-refractivity contribution in [3.05, 3.63) is 71.1 Å². The number of carbonyl (C=O) groups excluding carboxylic acids is 1. The fourth-order valence-corrected chi connectivity index (χ4v) is 3.09. The van der Waals surface area contributed by atoms with Gasteiger partial charge in [-0.2, -0.15) is 4.98 Å². The maximum absolute atomic E-state index is 12.3. The minimum Gasteiger partial charge on any atom is -0.452 e. The van der Waals surface area contributed by atoms with Crippen LogP contribution in [0.2, 0.25) is 0 Å². The number of aromatic nitrogens is 2. The monoisotopic (exact) mass is 334 g/mol. The molecule has 25 heavy (non-hydrogen) atoms. The lowest BCUT2D eigenvalue weighted by molar-refractivity contribution is 0.0429. The van der Waals surface area contributed by atoms with Gasteiger partial charge in [-0.05, 0) is 48.9 Å². The number of hydrogen-bond acceptors (Lipinski definition) is 5. The number of fused-ring (bicyclic) bond motifs is 1. The Hall–Kier alpha value is -2.95. The van der Waals surface area contributed by atoms with E-state index in [2.05, 4.69) is 10.1 Å². The van der Waals surface area contributed by atoms with Crippen LogP contribution in [0, 0.1) is 0 Å². The maximum atomic E-state index is 12.3. The minimum absolute atomic E-state index is 0.0320. The third kappa shape index (κ3) is 3.45. The smallest absolute Gasteiger partial charge is 0.338 e. The van der Waals surface area contributed by atoms with Crippen molar-refractivity contribution in [3.63, 3.8) is 0 Å². The number of hydrogen-bond donors (Lipinski definition) is 0. The van der Waals surface area contributed by atoms with Crippen molar-refractivity contribution in [2.75, 3.05) is 0 Å². The average molecular weight is 334 g/mol. The molecule has 0 radical (unpaired) electrons. The summed E-state index contributed by atoms with van der Waals surface area (Å²) in [6.07, 6.45) is 4.52. The number of esters is 1. The summed E-state index contributed by atoms with van der Waals surface area (Å²) in [7, 11) is 0.